The number of nitrogen functional groups attached to an aromatic ring is 1. The number of pyridine rings is 1. The first-order valence-corrected chi connectivity index (χ1v) is 9.37. The average molecular weight is 434 g/mol. The fourth-order valence-corrected chi connectivity index (χ4v) is 3.43. The molecule has 0 fully saturated rings. The third-order valence-electron chi connectivity index (χ3n) is 4.40. The topological polar surface area (TPSA) is 105 Å². The van der Waals surface area contributed by atoms with Crippen molar-refractivity contribution in [2.24, 2.45) is 0 Å². The zero-order chi connectivity index (χ0) is 19.7. The molecule has 0 aliphatic rings. The van der Waals surface area contributed by atoms with Gasteiger partial charge in [0, 0.05) is 11.9 Å². The first kappa shape index (κ1) is 17.9. The lowest BCUT2D eigenvalue weighted by Gasteiger charge is -2.15. The van der Waals surface area contributed by atoms with E-state index in [1.165, 1.54) is 6.20 Å². The van der Waals surface area contributed by atoms with Crippen molar-refractivity contribution in [2.45, 2.75) is 13.0 Å². The van der Waals surface area contributed by atoms with Crippen molar-refractivity contribution >= 4 is 33.2 Å². The monoisotopic (exact) mass is 433 g/mol. The molecule has 1 aromatic carbocycles. The van der Waals surface area contributed by atoms with E-state index in [2.05, 4.69) is 42.3 Å². The van der Waals surface area contributed by atoms with Crippen molar-refractivity contribution in [1.82, 2.24) is 19.4 Å². The second-order valence-corrected chi connectivity index (χ2v) is 7.15. The maximum atomic E-state index is 9.52. The second-order valence-electron chi connectivity index (χ2n) is 6.30. The number of aromatic nitrogens is 4. The number of nitrogens with one attached hydrogen (secondary N) is 1. The van der Waals surface area contributed by atoms with Crippen LogP contribution in [0.3, 0.4) is 0 Å². The number of benzene rings is 1. The summed E-state index contributed by atoms with van der Waals surface area (Å²) in [6.07, 6.45) is 5.11. The van der Waals surface area contributed by atoms with Gasteiger partial charge in [-0.25, -0.2) is 15.0 Å². The maximum absolute atomic E-state index is 9.52. The summed E-state index contributed by atoms with van der Waals surface area (Å²) in [6.45, 7) is 2.00. The third-order valence-corrected chi connectivity index (χ3v) is 5.02. The van der Waals surface area contributed by atoms with Crippen molar-refractivity contribution in [3.05, 3.63) is 70.6 Å². The molecular weight excluding hydrogens is 418 g/mol. The van der Waals surface area contributed by atoms with Crippen LogP contribution in [0.15, 0.2) is 59.5 Å². The molecule has 7 nitrogen and oxygen atoms in total. The van der Waals surface area contributed by atoms with E-state index in [1.807, 2.05) is 53.9 Å². The average Bonchev–Trinajstić information content (AvgIpc) is 3.13. The molecule has 3 N–H and O–H groups in total. The molecule has 0 radical (unpaired) electrons. The Morgan fingerprint density at radius 1 is 1.21 bits per heavy atom. The van der Waals surface area contributed by atoms with Crippen LogP contribution in [0.4, 0.5) is 11.6 Å². The molecule has 0 saturated heterocycles. The largest absolute Gasteiger partial charge is 0.399 e. The summed E-state index contributed by atoms with van der Waals surface area (Å²) >= 11 is 3.49. The third kappa shape index (κ3) is 3.28. The van der Waals surface area contributed by atoms with Gasteiger partial charge < -0.3 is 11.1 Å². The molecule has 4 aromatic rings. The SMILES string of the molecule is C[C@H](Nc1ncc(C#N)c(-c2cnc3c(Br)cccn23)n1)c1cccc(N)c1. The Morgan fingerprint density at radius 2 is 2.07 bits per heavy atom. The first-order valence-electron chi connectivity index (χ1n) is 8.58. The molecule has 0 saturated carbocycles. The van der Waals surface area contributed by atoms with Crippen LogP contribution in [0.2, 0.25) is 0 Å². The van der Waals surface area contributed by atoms with Crippen LogP contribution in [0.1, 0.15) is 24.1 Å². The summed E-state index contributed by atoms with van der Waals surface area (Å²) in [7, 11) is 0. The van der Waals surface area contributed by atoms with Crippen LogP contribution in [0.5, 0.6) is 0 Å². The molecular formula is C20H16BrN7. The molecule has 28 heavy (non-hydrogen) atoms. The summed E-state index contributed by atoms with van der Waals surface area (Å²) in [5.74, 6) is 0.425. The molecule has 0 unspecified atom stereocenters. The molecule has 0 amide bonds. The van der Waals surface area contributed by atoms with Crippen LogP contribution in [0, 0.1) is 11.3 Å². The molecule has 3 aromatic heterocycles. The summed E-state index contributed by atoms with van der Waals surface area (Å²) in [6, 6.07) is 13.6. The van der Waals surface area contributed by atoms with E-state index in [1.54, 1.807) is 6.20 Å². The summed E-state index contributed by atoms with van der Waals surface area (Å²) < 4.78 is 2.75. The highest BCUT2D eigenvalue weighted by molar-refractivity contribution is 9.10. The number of rotatable bonds is 4. The fraction of sp³-hybridized carbons (Fsp3) is 0.100. The lowest BCUT2D eigenvalue weighted by molar-refractivity contribution is 0.860. The van der Waals surface area contributed by atoms with Gasteiger partial charge in [-0.15, -0.1) is 0 Å². The van der Waals surface area contributed by atoms with Gasteiger partial charge in [0.1, 0.15) is 11.8 Å². The van der Waals surface area contributed by atoms with Gasteiger partial charge in [0.05, 0.1) is 34.2 Å². The van der Waals surface area contributed by atoms with E-state index in [0.29, 0.717) is 22.9 Å². The van der Waals surface area contributed by atoms with Crippen LogP contribution in [0.25, 0.3) is 17.0 Å². The van der Waals surface area contributed by atoms with Crippen LogP contribution in [-0.2, 0) is 0 Å². The number of anilines is 2. The quantitative estimate of drug-likeness (QED) is 0.467. The Hall–Kier alpha value is -3.44. The first-order chi connectivity index (χ1) is 13.6. The molecule has 8 heteroatoms. The van der Waals surface area contributed by atoms with E-state index >= 15 is 0 Å². The highest BCUT2D eigenvalue weighted by Crippen LogP contribution is 2.27. The highest BCUT2D eigenvalue weighted by Gasteiger charge is 2.16. The highest BCUT2D eigenvalue weighted by atomic mass is 79.9. The number of imidazole rings is 1. The van der Waals surface area contributed by atoms with Crippen molar-refractivity contribution in [3.63, 3.8) is 0 Å². The van der Waals surface area contributed by atoms with Gasteiger partial charge in [0.2, 0.25) is 5.95 Å². The Bertz CT molecular complexity index is 1210. The van der Waals surface area contributed by atoms with Crippen LogP contribution < -0.4 is 11.1 Å². The smallest absolute Gasteiger partial charge is 0.223 e. The zero-order valence-electron chi connectivity index (χ0n) is 15.0. The number of hydrogen-bond donors (Lipinski definition) is 2. The number of fused-ring (bicyclic) bond motifs is 1. The van der Waals surface area contributed by atoms with Gasteiger partial charge >= 0.3 is 0 Å². The van der Waals surface area contributed by atoms with Crippen molar-refractivity contribution in [1.29, 1.82) is 5.26 Å². The molecule has 4 rings (SSSR count). The lowest BCUT2D eigenvalue weighted by atomic mass is 10.1. The number of nitrogens with two attached hydrogens (primary N) is 1. The van der Waals surface area contributed by atoms with Gasteiger partial charge in [-0.3, -0.25) is 4.40 Å². The Labute approximate surface area is 170 Å². The van der Waals surface area contributed by atoms with Gasteiger partial charge in [-0.05, 0) is 52.7 Å². The predicted molar refractivity (Wildman–Crippen MR) is 112 cm³/mol. The summed E-state index contributed by atoms with van der Waals surface area (Å²) in [4.78, 5) is 13.3. The summed E-state index contributed by atoms with van der Waals surface area (Å²) in [5, 5.41) is 12.8. The number of nitrogens with zero attached hydrogens (tertiary/aromatic N) is 5. The van der Waals surface area contributed by atoms with Gasteiger partial charge in [-0.2, -0.15) is 5.26 Å². The van der Waals surface area contributed by atoms with E-state index < -0.39 is 0 Å². The second kappa shape index (κ2) is 7.29. The zero-order valence-corrected chi connectivity index (χ0v) is 16.6. The number of hydrogen-bond acceptors (Lipinski definition) is 6. The Morgan fingerprint density at radius 3 is 2.86 bits per heavy atom. The fourth-order valence-electron chi connectivity index (χ4n) is 2.99. The van der Waals surface area contributed by atoms with Crippen molar-refractivity contribution < 1.29 is 0 Å². The molecule has 0 spiro atoms. The standard InChI is InChI=1S/C20H16BrN7/c1-12(13-4-2-5-15(23)8-13)26-20-25-10-14(9-22)18(27-20)17-11-24-19-16(21)6-3-7-28(17)19/h2-8,10-12H,23H2,1H3,(H,25,26,27)/t12-/m0/s1. The molecule has 0 aliphatic heterocycles. The van der Waals surface area contributed by atoms with E-state index in [4.69, 9.17) is 5.73 Å². The van der Waals surface area contributed by atoms with E-state index in [-0.39, 0.29) is 6.04 Å². The number of halogens is 1. The molecule has 138 valence electrons. The van der Waals surface area contributed by atoms with Crippen molar-refractivity contribution in [2.75, 3.05) is 11.1 Å². The minimum absolute atomic E-state index is 0.0550. The minimum Gasteiger partial charge on any atom is -0.399 e. The number of nitriles is 1. The normalized spacial score (nSPS) is 11.9. The Balaban J connectivity index is 1.74. The van der Waals surface area contributed by atoms with E-state index in [9.17, 15) is 5.26 Å². The van der Waals surface area contributed by atoms with E-state index in [0.717, 1.165) is 21.4 Å². The van der Waals surface area contributed by atoms with Gasteiger partial charge in [0.25, 0.3) is 0 Å². The lowest BCUT2D eigenvalue weighted by Crippen LogP contribution is -2.10. The van der Waals surface area contributed by atoms with Crippen LogP contribution in [-0.4, -0.2) is 19.4 Å². The minimum atomic E-state index is -0.0550. The van der Waals surface area contributed by atoms with Crippen molar-refractivity contribution in [3.8, 4) is 17.5 Å². The maximum Gasteiger partial charge on any atom is 0.223 e. The molecule has 3 heterocycles. The van der Waals surface area contributed by atoms with Crippen LogP contribution >= 0.6 is 15.9 Å². The molecule has 0 aliphatic carbocycles. The predicted octanol–water partition coefficient (Wildman–Crippen LogP) is 4.18. The summed E-state index contributed by atoms with van der Waals surface area (Å²) in [5.41, 5.74) is 9.96. The van der Waals surface area contributed by atoms with Gasteiger partial charge in [-0.1, -0.05) is 12.1 Å². The molecule has 0 bridgehead atoms. The Kier molecular flexibility index (Phi) is 4.67. The van der Waals surface area contributed by atoms with Gasteiger partial charge in [0.15, 0.2) is 5.65 Å². The molecule has 1 atom stereocenters.